The maximum Gasteiger partial charge on any atom is 0.320 e. The Morgan fingerprint density at radius 3 is 2.83 bits per heavy atom. The van der Waals surface area contributed by atoms with E-state index < -0.39 is 0 Å². The van der Waals surface area contributed by atoms with E-state index in [9.17, 15) is 4.79 Å². The molecule has 0 N–H and O–H groups in total. The summed E-state index contributed by atoms with van der Waals surface area (Å²) in [6.07, 6.45) is 3.55. The molecule has 102 valence electrons. The normalized spacial score (nSPS) is 10.8. The lowest BCUT2D eigenvalue weighted by atomic mass is 10.2. The third-order valence-corrected chi connectivity index (χ3v) is 3.56. The largest absolute Gasteiger partial charge is 0.465 e. The zero-order chi connectivity index (χ0) is 13.2. The van der Waals surface area contributed by atoms with Gasteiger partial charge in [0.1, 0.15) is 0 Å². The predicted octanol–water partition coefficient (Wildman–Crippen LogP) is 3.30. The smallest absolute Gasteiger partial charge is 0.320 e. The molecule has 0 aromatic carbocycles. The fourth-order valence-corrected chi connectivity index (χ4v) is 2.56. The molecule has 0 bridgehead atoms. The van der Waals surface area contributed by atoms with Gasteiger partial charge in [0, 0.05) is 11.4 Å². The molecule has 3 nitrogen and oxygen atoms in total. The van der Waals surface area contributed by atoms with Crippen LogP contribution in [0.5, 0.6) is 0 Å². The van der Waals surface area contributed by atoms with Gasteiger partial charge in [-0.1, -0.05) is 25.8 Å². The van der Waals surface area contributed by atoms with Gasteiger partial charge >= 0.3 is 5.97 Å². The van der Waals surface area contributed by atoms with E-state index in [1.54, 1.807) is 11.3 Å². The van der Waals surface area contributed by atoms with Gasteiger partial charge in [-0.25, -0.2) is 0 Å². The number of ether oxygens (including phenoxy) is 1. The second kappa shape index (κ2) is 9.11. The summed E-state index contributed by atoms with van der Waals surface area (Å²) in [5.41, 5.74) is 0. The van der Waals surface area contributed by atoms with Gasteiger partial charge in [-0.2, -0.15) is 0 Å². The molecule has 0 radical (unpaired) electrons. The Hall–Kier alpha value is -0.870. The highest BCUT2D eigenvalue weighted by molar-refractivity contribution is 7.09. The number of carbonyl (C=O) groups is 1. The minimum atomic E-state index is -0.120. The van der Waals surface area contributed by atoms with E-state index in [1.165, 1.54) is 17.7 Å². The fourth-order valence-electron chi connectivity index (χ4n) is 1.81. The molecule has 0 saturated heterocycles. The summed E-state index contributed by atoms with van der Waals surface area (Å²) in [6, 6.07) is 4.16. The molecule has 0 aliphatic carbocycles. The van der Waals surface area contributed by atoms with Gasteiger partial charge in [0.2, 0.25) is 0 Å². The lowest BCUT2D eigenvalue weighted by Crippen LogP contribution is -2.31. The third kappa shape index (κ3) is 6.17. The van der Waals surface area contributed by atoms with E-state index in [0.29, 0.717) is 13.2 Å². The summed E-state index contributed by atoms with van der Waals surface area (Å²) in [5.74, 6) is -0.120. The first-order chi connectivity index (χ1) is 8.76. The van der Waals surface area contributed by atoms with E-state index in [-0.39, 0.29) is 5.97 Å². The van der Waals surface area contributed by atoms with Crippen molar-refractivity contribution in [3.63, 3.8) is 0 Å². The molecule has 1 rings (SSSR count). The predicted molar refractivity (Wildman–Crippen MR) is 75.8 cm³/mol. The van der Waals surface area contributed by atoms with Gasteiger partial charge in [0.25, 0.3) is 0 Å². The highest BCUT2D eigenvalue weighted by atomic mass is 32.1. The van der Waals surface area contributed by atoms with Crippen LogP contribution in [0.4, 0.5) is 0 Å². The molecule has 0 saturated carbocycles. The van der Waals surface area contributed by atoms with Crippen LogP contribution in [0.3, 0.4) is 0 Å². The van der Waals surface area contributed by atoms with Gasteiger partial charge < -0.3 is 4.74 Å². The Labute approximate surface area is 114 Å². The van der Waals surface area contributed by atoms with Gasteiger partial charge in [-0.05, 0) is 31.3 Å². The van der Waals surface area contributed by atoms with Gasteiger partial charge in [-0.3, -0.25) is 9.69 Å². The highest BCUT2D eigenvalue weighted by Crippen LogP contribution is 2.12. The highest BCUT2D eigenvalue weighted by Gasteiger charge is 2.12. The second-order valence-corrected chi connectivity index (χ2v) is 5.33. The minimum absolute atomic E-state index is 0.120. The van der Waals surface area contributed by atoms with Crippen LogP contribution >= 0.6 is 11.3 Å². The lowest BCUT2D eigenvalue weighted by molar-refractivity contribution is -0.144. The monoisotopic (exact) mass is 269 g/mol. The SMILES string of the molecule is CCCCCN(CC(=O)OCC)Cc1cccs1. The number of thiophene rings is 1. The molecule has 0 amide bonds. The maximum atomic E-state index is 11.6. The Balaban J connectivity index is 2.43. The first-order valence-corrected chi connectivity index (χ1v) is 7.54. The Morgan fingerprint density at radius 1 is 1.39 bits per heavy atom. The zero-order valence-corrected chi connectivity index (χ0v) is 12.2. The number of esters is 1. The molecule has 0 fully saturated rings. The number of hydrogen-bond acceptors (Lipinski definition) is 4. The van der Waals surface area contributed by atoms with Gasteiger partial charge in [0.05, 0.1) is 13.2 Å². The van der Waals surface area contributed by atoms with Crippen molar-refractivity contribution in [2.75, 3.05) is 19.7 Å². The molecule has 18 heavy (non-hydrogen) atoms. The van der Waals surface area contributed by atoms with Crippen LogP contribution in [0.15, 0.2) is 17.5 Å². The third-order valence-electron chi connectivity index (χ3n) is 2.70. The lowest BCUT2D eigenvalue weighted by Gasteiger charge is -2.20. The zero-order valence-electron chi connectivity index (χ0n) is 11.4. The topological polar surface area (TPSA) is 29.5 Å². The van der Waals surface area contributed by atoms with Crippen LogP contribution in [0.1, 0.15) is 38.0 Å². The molecule has 1 heterocycles. The molecule has 4 heteroatoms. The van der Waals surface area contributed by atoms with Gasteiger partial charge in [-0.15, -0.1) is 11.3 Å². The summed E-state index contributed by atoms with van der Waals surface area (Å²) in [5, 5.41) is 2.07. The van der Waals surface area contributed by atoms with Crippen LogP contribution in [0.25, 0.3) is 0 Å². The van der Waals surface area contributed by atoms with E-state index >= 15 is 0 Å². The molecule has 0 spiro atoms. The van der Waals surface area contributed by atoms with E-state index in [2.05, 4.69) is 29.3 Å². The average molecular weight is 269 g/mol. The average Bonchev–Trinajstić information content (AvgIpc) is 2.82. The molecule has 0 aliphatic heterocycles. The molecule has 0 unspecified atom stereocenters. The van der Waals surface area contributed by atoms with Crippen LogP contribution in [0, 0.1) is 0 Å². The molecule has 0 aliphatic rings. The summed E-state index contributed by atoms with van der Waals surface area (Å²) in [4.78, 5) is 15.0. The summed E-state index contributed by atoms with van der Waals surface area (Å²) in [6.45, 7) is 6.70. The van der Waals surface area contributed by atoms with Crippen molar-refractivity contribution in [3.05, 3.63) is 22.4 Å². The first kappa shape index (κ1) is 15.2. The van der Waals surface area contributed by atoms with Crippen molar-refractivity contribution < 1.29 is 9.53 Å². The van der Waals surface area contributed by atoms with E-state index in [4.69, 9.17) is 4.74 Å². The quantitative estimate of drug-likeness (QED) is 0.509. The fraction of sp³-hybridized carbons (Fsp3) is 0.643. The maximum absolute atomic E-state index is 11.6. The van der Waals surface area contributed by atoms with Crippen LogP contribution in [0.2, 0.25) is 0 Å². The Kier molecular flexibility index (Phi) is 7.69. The van der Waals surface area contributed by atoms with Gasteiger partial charge in [0.15, 0.2) is 0 Å². The minimum Gasteiger partial charge on any atom is -0.465 e. The molecular weight excluding hydrogens is 246 g/mol. The van der Waals surface area contributed by atoms with Crippen molar-refractivity contribution in [1.82, 2.24) is 4.90 Å². The van der Waals surface area contributed by atoms with E-state index in [1.807, 2.05) is 6.92 Å². The Bertz CT molecular complexity index is 325. The van der Waals surface area contributed by atoms with Crippen molar-refractivity contribution in [2.45, 2.75) is 39.7 Å². The standard InChI is InChI=1S/C14H23NO2S/c1-3-5-6-9-15(12-14(16)17-4-2)11-13-8-7-10-18-13/h7-8,10H,3-6,9,11-12H2,1-2H3. The number of rotatable bonds is 9. The van der Waals surface area contributed by atoms with Crippen molar-refractivity contribution in [1.29, 1.82) is 0 Å². The number of hydrogen-bond donors (Lipinski definition) is 0. The molecule has 1 aromatic rings. The number of nitrogens with zero attached hydrogens (tertiary/aromatic N) is 1. The van der Waals surface area contributed by atoms with Crippen molar-refractivity contribution in [2.24, 2.45) is 0 Å². The first-order valence-electron chi connectivity index (χ1n) is 6.66. The second-order valence-electron chi connectivity index (χ2n) is 4.30. The summed E-state index contributed by atoms with van der Waals surface area (Å²) >= 11 is 1.74. The molecule has 0 atom stereocenters. The van der Waals surface area contributed by atoms with Crippen LogP contribution in [-0.4, -0.2) is 30.6 Å². The van der Waals surface area contributed by atoms with Crippen LogP contribution in [-0.2, 0) is 16.1 Å². The number of carbonyl (C=O) groups excluding carboxylic acids is 1. The van der Waals surface area contributed by atoms with Crippen LogP contribution < -0.4 is 0 Å². The van der Waals surface area contributed by atoms with E-state index in [0.717, 1.165) is 19.5 Å². The summed E-state index contributed by atoms with van der Waals surface area (Å²) < 4.78 is 5.02. The Morgan fingerprint density at radius 2 is 2.22 bits per heavy atom. The van der Waals surface area contributed by atoms with Crippen molar-refractivity contribution in [3.8, 4) is 0 Å². The summed E-state index contributed by atoms with van der Waals surface area (Å²) in [7, 11) is 0. The molecular formula is C14H23NO2S. The molecule has 1 aromatic heterocycles. The van der Waals surface area contributed by atoms with Crippen molar-refractivity contribution >= 4 is 17.3 Å². The number of unbranched alkanes of at least 4 members (excludes halogenated alkanes) is 2.